The summed E-state index contributed by atoms with van der Waals surface area (Å²) in [5, 5.41) is 8.86. The van der Waals surface area contributed by atoms with Gasteiger partial charge in [0.15, 0.2) is 0 Å². The molecule has 0 aromatic carbocycles. The van der Waals surface area contributed by atoms with Crippen molar-refractivity contribution in [3.05, 3.63) is 0 Å². The number of ketones is 1. The molecule has 0 aliphatic rings. The average molecular weight is 1070 g/mol. The number of quaternary nitrogens is 1. The number of Topliss-reactive ketones (excluding diaryl/α,β-unsaturated/α-hetero) is 1. The molecule has 0 fully saturated rings. The molecule has 0 aliphatic carbocycles. The van der Waals surface area contributed by atoms with Crippen LogP contribution in [0, 0.1) is 0 Å². The van der Waals surface area contributed by atoms with E-state index < -0.39 is 10.1 Å². The van der Waals surface area contributed by atoms with Crippen molar-refractivity contribution in [3.8, 4) is 0 Å². The van der Waals surface area contributed by atoms with Gasteiger partial charge in [-0.15, -0.1) is 0 Å². The number of carbonyl (C=O) groups is 2. The molecule has 0 radical (unpaired) electrons. The molecule has 0 saturated heterocycles. The van der Waals surface area contributed by atoms with E-state index in [2.05, 4.69) is 25.4 Å². The van der Waals surface area contributed by atoms with Gasteiger partial charge < -0.3 is 19.2 Å². The van der Waals surface area contributed by atoms with Crippen LogP contribution < -0.4 is 10.2 Å². The predicted molar refractivity (Wildman–Crippen MR) is 318 cm³/mol. The molecule has 1 N–H and O–H groups in total. The molecule has 0 spiro atoms. The van der Waals surface area contributed by atoms with Crippen LogP contribution in [0.4, 0.5) is 0 Å². The van der Waals surface area contributed by atoms with Crippen LogP contribution in [0.25, 0.3) is 0 Å². The first-order valence-corrected chi connectivity index (χ1v) is 34.9. The molecule has 0 saturated carbocycles. The zero-order valence-corrected chi connectivity index (χ0v) is 51.3. The fourth-order valence-electron chi connectivity index (χ4n) is 10.4. The Bertz CT molecular complexity index is 1200. The van der Waals surface area contributed by atoms with E-state index in [1.54, 1.807) is 0 Å². The van der Waals surface area contributed by atoms with Gasteiger partial charge in [-0.1, -0.05) is 322 Å². The van der Waals surface area contributed by atoms with Gasteiger partial charge in [0.1, 0.15) is 5.78 Å². The summed E-state index contributed by atoms with van der Waals surface area (Å²) in [5.41, 5.74) is 0. The minimum absolute atomic E-state index is 0.0150. The largest absolute Gasteiger partial charge is 0.707 e. The maximum atomic E-state index is 12.0. The second-order valence-corrected chi connectivity index (χ2v) is 25.0. The molecular weight excluding hydrogens is 939 g/mol. The lowest BCUT2D eigenvalue weighted by Crippen LogP contribution is -3.05. The van der Waals surface area contributed by atoms with Crippen molar-refractivity contribution in [2.75, 3.05) is 33.5 Å². The first-order chi connectivity index (χ1) is 36.1. The highest BCUT2D eigenvalue weighted by Gasteiger charge is 2.06. The first kappa shape index (κ1) is 75.0. The van der Waals surface area contributed by atoms with Crippen LogP contribution in [0.1, 0.15) is 373 Å². The minimum atomic E-state index is -3.72. The smallest absolute Gasteiger partial charge is 0.305 e. The minimum Gasteiger partial charge on any atom is -0.707 e. The first-order valence-electron chi connectivity index (χ1n) is 33.1. The fourth-order valence-corrected chi connectivity index (χ4v) is 10.4. The number of rotatable bonds is 62. The normalized spacial score (nSPS) is 11.6. The zero-order chi connectivity index (χ0) is 54.4. The summed E-state index contributed by atoms with van der Waals surface area (Å²) in [6.45, 7) is 4.06. The number of esters is 1. The van der Waals surface area contributed by atoms with Crippen molar-refractivity contribution >= 4 is 21.9 Å². The second-order valence-electron chi connectivity index (χ2n) is 23.5. The van der Waals surface area contributed by atoms with E-state index in [9.17, 15) is 18.0 Å². The average Bonchev–Trinajstić information content (AvgIpc) is 3.38. The topological polar surface area (TPSA) is 114 Å². The Morgan fingerprint density at radius 2 is 0.541 bits per heavy atom. The van der Waals surface area contributed by atoms with Crippen molar-refractivity contribution < 1.29 is 37.2 Å². The van der Waals surface area contributed by atoms with Gasteiger partial charge in [0.2, 0.25) is 0 Å². The summed E-state index contributed by atoms with van der Waals surface area (Å²) in [7, 11) is 0.616. The summed E-state index contributed by atoms with van der Waals surface area (Å²) in [4.78, 5) is 25.5. The molecule has 9 heteroatoms. The number of unbranched alkanes of at least 4 members (excludes halogenated alkanes) is 51. The Morgan fingerprint density at radius 1 is 0.338 bits per heavy atom. The molecule has 0 rings (SSSR count). The molecule has 0 bridgehead atoms. The third-order valence-electron chi connectivity index (χ3n) is 15.4. The molecule has 444 valence electrons. The van der Waals surface area contributed by atoms with Crippen LogP contribution in [-0.4, -0.2) is 53.7 Å². The van der Waals surface area contributed by atoms with E-state index in [4.69, 9.17) is 9.99 Å². The summed E-state index contributed by atoms with van der Waals surface area (Å²) in [6, 6.07) is 0. The highest BCUT2D eigenvalue weighted by Crippen LogP contribution is 2.19. The second kappa shape index (κ2) is 64.5. The molecule has 0 aliphatic heterocycles. The summed E-state index contributed by atoms with van der Waals surface area (Å²) in [6.07, 6.45) is 77.9. The third kappa shape index (κ3) is 73.0. The molecule has 0 aromatic rings. The van der Waals surface area contributed by atoms with Crippen LogP contribution in [0.2, 0.25) is 0 Å². The third-order valence-corrected chi connectivity index (χ3v) is 15.6. The Hall–Kier alpha value is -1.03. The van der Waals surface area contributed by atoms with Crippen molar-refractivity contribution in [2.24, 2.45) is 0 Å². The number of hydrogen-bond donors (Lipinski definition) is 1. The Labute approximate surface area is 463 Å². The quantitative estimate of drug-likeness (QED) is 0.0279. The van der Waals surface area contributed by atoms with Gasteiger partial charge in [-0.25, -0.2) is 8.42 Å². The van der Waals surface area contributed by atoms with E-state index in [-0.39, 0.29) is 5.97 Å². The van der Waals surface area contributed by atoms with Gasteiger partial charge in [0.25, 0.3) is 10.1 Å². The Balaban J connectivity index is 0. The fraction of sp³-hybridized carbons (Fsp3) is 0.969. The number of hydrogen-bond acceptors (Lipinski definition) is 7. The highest BCUT2D eigenvalue weighted by atomic mass is 32.2. The molecular formula is C65H131NO7S. The molecule has 8 nitrogen and oxygen atoms in total. The van der Waals surface area contributed by atoms with Crippen LogP contribution in [0.5, 0.6) is 0 Å². The highest BCUT2D eigenvalue weighted by molar-refractivity contribution is 7.85. The monoisotopic (exact) mass is 1070 g/mol. The van der Waals surface area contributed by atoms with Gasteiger partial charge in [-0.05, 0) is 32.1 Å². The van der Waals surface area contributed by atoms with Crippen molar-refractivity contribution in [1.82, 2.24) is 0 Å². The van der Waals surface area contributed by atoms with E-state index in [1.165, 1.54) is 300 Å². The Morgan fingerprint density at radius 3 is 0.770 bits per heavy atom. The van der Waals surface area contributed by atoms with E-state index >= 15 is 0 Å². The van der Waals surface area contributed by atoms with Crippen LogP contribution in [0.15, 0.2) is 0 Å². The van der Waals surface area contributed by atoms with Gasteiger partial charge in [0.05, 0.1) is 33.5 Å². The zero-order valence-electron chi connectivity index (χ0n) is 50.5. The summed E-state index contributed by atoms with van der Waals surface area (Å²) >= 11 is 0. The van der Waals surface area contributed by atoms with Crippen LogP contribution >= 0.6 is 0 Å². The molecule has 0 heterocycles. The van der Waals surface area contributed by atoms with Crippen molar-refractivity contribution in [2.45, 2.75) is 373 Å². The molecule has 0 aromatic heterocycles. The maximum absolute atomic E-state index is 12.0. The van der Waals surface area contributed by atoms with Gasteiger partial charge in [-0.3, -0.25) is 9.59 Å². The maximum Gasteiger partial charge on any atom is 0.305 e. The van der Waals surface area contributed by atoms with Crippen molar-refractivity contribution in [1.29, 1.82) is 0 Å². The predicted octanol–water partition coefficient (Wildman–Crippen LogP) is 18.7. The van der Waals surface area contributed by atoms with Gasteiger partial charge >= 0.3 is 5.97 Å². The molecule has 0 atom stereocenters. The number of carbonyl (C=O) groups excluding carboxylic acids is 2. The van der Waals surface area contributed by atoms with Crippen LogP contribution in [0.3, 0.4) is 0 Å². The van der Waals surface area contributed by atoms with E-state index in [0.717, 1.165) is 70.8 Å². The molecule has 0 amide bonds. The summed E-state index contributed by atoms with van der Waals surface area (Å²) < 4.78 is 27.1. The lowest BCUT2D eigenvalue weighted by molar-refractivity contribution is -0.858. The van der Waals surface area contributed by atoms with Gasteiger partial charge in [-0.2, -0.15) is 0 Å². The van der Waals surface area contributed by atoms with Crippen molar-refractivity contribution in [3.63, 3.8) is 0 Å². The lowest BCUT2D eigenvalue weighted by atomic mass is 10.0. The van der Waals surface area contributed by atoms with E-state index in [0.29, 0.717) is 25.1 Å². The number of nitrogens with one attached hydrogen (secondary N) is 1. The summed E-state index contributed by atoms with van der Waals surface area (Å²) in [5.74, 6) is 0.424. The van der Waals surface area contributed by atoms with Crippen LogP contribution in [-0.2, 0) is 28.8 Å². The van der Waals surface area contributed by atoms with Gasteiger partial charge in [0, 0.05) is 19.3 Å². The standard InChI is InChI=1S/C64H127NO3.CH4O4S/c1-4-5-6-7-8-9-10-11-12-13-14-15-16-17-18-19-20-21-22-23-24-25-26-27-28-29-30-31-32-33-34-35-36-37-38-39-40-41-42-43-44-45-46-49-52-57-62-68-64(67)60-54-51-48-47-50-53-58-63(66)59-55-56-61-65(2)3;1-6(3,4)5-2/h4-62H2,1-3H3;2H,1H3. The molecule has 74 heavy (non-hydrogen) atoms. The SMILES string of the molecule is CCCCCCCCCCCCCCCCCCCCCCCCCCCCCCCCCCCCCCCCCCCCCCCCOC(=O)CCCCCCCCC(=O)CCCC[NH+](C)C.CS(=O)(=O)O[O-]. The molecule has 0 unspecified atom stereocenters. The Kier molecular flexibility index (Phi) is 65.4. The van der Waals surface area contributed by atoms with E-state index in [1.807, 2.05) is 0 Å². The number of ether oxygens (including phenoxy) is 1. The lowest BCUT2D eigenvalue weighted by Gasteiger charge is -2.06.